The van der Waals surface area contributed by atoms with E-state index >= 15 is 0 Å². The second-order valence-corrected chi connectivity index (χ2v) is 6.62. The summed E-state index contributed by atoms with van der Waals surface area (Å²) < 4.78 is 5.90. The molecule has 5 nitrogen and oxygen atoms in total. The van der Waals surface area contributed by atoms with Crippen molar-refractivity contribution in [2.24, 2.45) is 0 Å². The summed E-state index contributed by atoms with van der Waals surface area (Å²) in [6.45, 7) is 12.8. The predicted octanol–water partition coefficient (Wildman–Crippen LogP) is 2.82. The number of carbonyl (C=O) groups excluding carboxylic acids is 1. The van der Waals surface area contributed by atoms with Crippen LogP contribution in [0, 0.1) is 6.57 Å². The Balaban J connectivity index is 2.15. The number of hydrogen-bond donors (Lipinski definition) is 1. The molecule has 0 unspecified atom stereocenters. The Morgan fingerprint density at radius 3 is 2.77 bits per heavy atom. The molecule has 0 saturated carbocycles. The van der Waals surface area contributed by atoms with Crippen LogP contribution in [-0.4, -0.2) is 33.7 Å². The van der Waals surface area contributed by atoms with Crippen LogP contribution in [0.15, 0.2) is 18.2 Å². The van der Waals surface area contributed by atoms with Crippen LogP contribution in [-0.2, 0) is 4.79 Å². The van der Waals surface area contributed by atoms with Crippen molar-refractivity contribution in [1.82, 2.24) is 4.90 Å². The Labute approximate surface area is 130 Å². The highest BCUT2D eigenvalue weighted by Gasteiger charge is 2.48. The highest BCUT2D eigenvalue weighted by Crippen LogP contribution is 2.46. The van der Waals surface area contributed by atoms with E-state index in [0.717, 1.165) is 12.0 Å². The van der Waals surface area contributed by atoms with Gasteiger partial charge in [0.25, 0.3) is 0 Å². The average Bonchev–Trinajstić information content (AvgIpc) is 2.80. The van der Waals surface area contributed by atoms with Crippen LogP contribution in [0.4, 0.5) is 5.69 Å². The van der Waals surface area contributed by atoms with Crippen LogP contribution in [0.25, 0.3) is 4.85 Å². The Hall–Kier alpha value is -2.06. The molecular formula is C17H20N2O3. The lowest BCUT2D eigenvalue weighted by atomic mass is 9.85. The molecule has 0 aromatic heterocycles. The normalized spacial score (nSPS) is 29.7. The summed E-state index contributed by atoms with van der Waals surface area (Å²) in [6, 6.07) is 4.79. The summed E-state index contributed by atoms with van der Waals surface area (Å²) >= 11 is 0. The van der Waals surface area contributed by atoms with Gasteiger partial charge >= 0.3 is 0 Å². The van der Waals surface area contributed by atoms with Crippen molar-refractivity contribution in [2.45, 2.75) is 57.4 Å². The van der Waals surface area contributed by atoms with E-state index in [2.05, 4.69) is 4.85 Å². The van der Waals surface area contributed by atoms with E-state index < -0.39 is 17.7 Å². The first-order valence-electron chi connectivity index (χ1n) is 7.55. The second-order valence-electron chi connectivity index (χ2n) is 6.62. The van der Waals surface area contributed by atoms with E-state index in [1.54, 1.807) is 23.1 Å². The lowest BCUT2D eigenvalue weighted by Gasteiger charge is -2.46. The summed E-state index contributed by atoms with van der Waals surface area (Å²) in [5, 5.41) is 10.8. The van der Waals surface area contributed by atoms with Crippen LogP contribution in [0.3, 0.4) is 0 Å². The molecule has 3 rings (SSSR count). The maximum absolute atomic E-state index is 12.3. The van der Waals surface area contributed by atoms with Crippen LogP contribution < -0.4 is 4.74 Å². The molecule has 5 heteroatoms. The Morgan fingerprint density at radius 2 is 2.18 bits per heavy atom. The number of aliphatic hydroxyl groups is 1. The first-order valence-corrected chi connectivity index (χ1v) is 7.55. The van der Waals surface area contributed by atoms with Crippen molar-refractivity contribution < 1.29 is 14.6 Å². The highest BCUT2D eigenvalue weighted by molar-refractivity contribution is 5.79. The lowest BCUT2D eigenvalue weighted by molar-refractivity contribution is -0.142. The third-order valence-corrected chi connectivity index (χ3v) is 4.66. The predicted molar refractivity (Wildman–Crippen MR) is 81.7 cm³/mol. The Morgan fingerprint density at radius 1 is 1.45 bits per heavy atom. The number of rotatable bonds is 1. The van der Waals surface area contributed by atoms with E-state index in [-0.39, 0.29) is 11.9 Å². The minimum absolute atomic E-state index is 0.0495. The number of benzene rings is 1. The summed E-state index contributed by atoms with van der Waals surface area (Å²) in [6.07, 6.45) is 0.454. The molecule has 1 N–H and O–H groups in total. The summed E-state index contributed by atoms with van der Waals surface area (Å²) in [5.41, 5.74) is 0.417. The number of carbonyl (C=O) groups is 1. The van der Waals surface area contributed by atoms with Gasteiger partial charge in [-0.15, -0.1) is 0 Å². The first-order chi connectivity index (χ1) is 10.3. The molecule has 1 saturated heterocycles. The molecule has 1 fully saturated rings. The van der Waals surface area contributed by atoms with Gasteiger partial charge in [0.2, 0.25) is 5.91 Å². The van der Waals surface area contributed by atoms with Crippen molar-refractivity contribution in [2.75, 3.05) is 0 Å². The summed E-state index contributed by atoms with van der Waals surface area (Å²) in [4.78, 5) is 17.5. The van der Waals surface area contributed by atoms with Gasteiger partial charge in [-0.05, 0) is 39.3 Å². The van der Waals surface area contributed by atoms with Gasteiger partial charge in [-0.2, -0.15) is 0 Å². The minimum atomic E-state index is -0.842. The molecule has 0 aliphatic carbocycles. The van der Waals surface area contributed by atoms with Gasteiger partial charge in [-0.25, -0.2) is 4.85 Å². The maximum Gasteiger partial charge on any atom is 0.223 e. The molecule has 22 heavy (non-hydrogen) atoms. The van der Waals surface area contributed by atoms with Gasteiger partial charge in [0, 0.05) is 18.0 Å². The quantitative estimate of drug-likeness (QED) is 0.811. The number of amides is 1. The molecule has 116 valence electrons. The standard InChI is InChI=1S/C17H20N2O3/c1-10-5-8-14(20)19(10)15-12-9-11(18-4)6-7-13(12)22-17(2,3)16(15)21/h6-7,9-10,15-16,21H,5,8H2,1-3H3/t10-,15+,16-/m1/s1. The van der Waals surface area contributed by atoms with Crippen LogP contribution in [0.2, 0.25) is 0 Å². The maximum atomic E-state index is 12.3. The van der Waals surface area contributed by atoms with Crippen LogP contribution >= 0.6 is 0 Å². The third kappa shape index (κ3) is 2.15. The number of aliphatic hydroxyl groups excluding tert-OH is 1. The van der Waals surface area contributed by atoms with Crippen molar-refractivity contribution in [3.05, 3.63) is 35.2 Å². The zero-order valence-electron chi connectivity index (χ0n) is 13.0. The van der Waals surface area contributed by atoms with Crippen molar-refractivity contribution in [3.63, 3.8) is 0 Å². The molecule has 2 heterocycles. The summed E-state index contributed by atoms with van der Waals surface area (Å²) in [5.74, 6) is 0.688. The van der Waals surface area contributed by atoms with Crippen molar-refractivity contribution in [1.29, 1.82) is 0 Å². The molecule has 2 aliphatic rings. The smallest absolute Gasteiger partial charge is 0.223 e. The molecule has 0 radical (unpaired) electrons. The second kappa shape index (κ2) is 4.99. The van der Waals surface area contributed by atoms with Gasteiger partial charge in [-0.3, -0.25) is 4.79 Å². The monoisotopic (exact) mass is 300 g/mol. The fourth-order valence-corrected chi connectivity index (χ4v) is 3.40. The zero-order chi connectivity index (χ0) is 16.1. The molecule has 2 aliphatic heterocycles. The molecule has 1 aromatic carbocycles. The van der Waals surface area contributed by atoms with Gasteiger partial charge in [-0.1, -0.05) is 6.07 Å². The van der Waals surface area contributed by atoms with Gasteiger partial charge in [0.05, 0.1) is 12.6 Å². The van der Waals surface area contributed by atoms with E-state index in [0.29, 0.717) is 17.9 Å². The van der Waals surface area contributed by atoms with E-state index in [9.17, 15) is 9.90 Å². The van der Waals surface area contributed by atoms with E-state index in [1.807, 2.05) is 20.8 Å². The zero-order valence-corrected chi connectivity index (χ0v) is 13.0. The average molecular weight is 300 g/mol. The van der Waals surface area contributed by atoms with Crippen molar-refractivity contribution >= 4 is 11.6 Å². The topological polar surface area (TPSA) is 54.1 Å². The van der Waals surface area contributed by atoms with Gasteiger partial charge in [0.1, 0.15) is 17.5 Å². The van der Waals surface area contributed by atoms with Crippen LogP contribution in [0.1, 0.15) is 45.2 Å². The van der Waals surface area contributed by atoms with Crippen molar-refractivity contribution in [3.8, 4) is 5.75 Å². The highest BCUT2D eigenvalue weighted by atomic mass is 16.5. The molecule has 3 atom stereocenters. The molecule has 0 spiro atoms. The first kappa shape index (κ1) is 14.9. The van der Waals surface area contributed by atoms with E-state index in [4.69, 9.17) is 11.3 Å². The Kier molecular flexibility index (Phi) is 3.37. The Bertz CT molecular complexity index is 662. The number of fused-ring (bicyclic) bond motifs is 1. The molecular weight excluding hydrogens is 280 g/mol. The number of hydrogen-bond acceptors (Lipinski definition) is 3. The van der Waals surface area contributed by atoms with Gasteiger partial charge in [0.15, 0.2) is 5.69 Å². The minimum Gasteiger partial charge on any atom is -0.485 e. The molecule has 1 aromatic rings. The fraction of sp³-hybridized carbons (Fsp3) is 0.529. The molecule has 1 amide bonds. The fourth-order valence-electron chi connectivity index (χ4n) is 3.40. The number of ether oxygens (including phenoxy) is 1. The van der Waals surface area contributed by atoms with Gasteiger partial charge < -0.3 is 14.7 Å². The number of nitrogens with zero attached hydrogens (tertiary/aromatic N) is 2. The largest absolute Gasteiger partial charge is 0.485 e. The lowest BCUT2D eigenvalue weighted by Crippen LogP contribution is -2.55. The third-order valence-electron chi connectivity index (χ3n) is 4.66. The number of likely N-dealkylation sites (tertiary alicyclic amines) is 1. The summed E-state index contributed by atoms with van der Waals surface area (Å²) in [7, 11) is 0. The van der Waals surface area contributed by atoms with E-state index in [1.165, 1.54) is 0 Å². The molecule has 0 bridgehead atoms. The van der Waals surface area contributed by atoms with Crippen LogP contribution in [0.5, 0.6) is 5.75 Å². The SMILES string of the molecule is [C-]#[N+]c1ccc2c(c1)[C@H](N1C(=O)CC[C@H]1C)[C@@H](O)C(C)(C)O2.